The second-order valence-electron chi connectivity index (χ2n) is 2.49. The van der Waals surface area contributed by atoms with E-state index in [0.29, 0.717) is 19.8 Å². The van der Waals surface area contributed by atoms with Crippen LogP contribution in [0, 0.1) is 0 Å². The fourth-order valence-electron chi connectivity index (χ4n) is 0.873. The van der Waals surface area contributed by atoms with Crippen LogP contribution in [0.2, 0.25) is 5.02 Å². The van der Waals surface area contributed by atoms with Gasteiger partial charge in [-0.2, -0.15) is 0 Å². The van der Waals surface area contributed by atoms with E-state index in [0.717, 1.165) is 15.2 Å². The Morgan fingerprint density at radius 1 is 1.54 bits per heavy atom. The third kappa shape index (κ3) is 3.95. The molecule has 0 amide bonds. The van der Waals surface area contributed by atoms with Crippen molar-refractivity contribution in [2.24, 2.45) is 5.73 Å². The summed E-state index contributed by atoms with van der Waals surface area (Å²) in [6, 6.07) is 1.96. The number of hydrogen-bond acceptors (Lipinski definition) is 3. The molecular formula is C8H11BrClNOS. The van der Waals surface area contributed by atoms with Gasteiger partial charge in [-0.3, -0.25) is 0 Å². The molecular weight excluding hydrogens is 274 g/mol. The van der Waals surface area contributed by atoms with E-state index in [1.165, 1.54) is 4.88 Å². The standard InChI is InChI=1S/C8H11BrClNOS/c9-8-7(10)5-6(13-8)1-3-12-4-2-11/h5H,1-4,11H2. The lowest BCUT2D eigenvalue weighted by Crippen LogP contribution is -2.09. The van der Waals surface area contributed by atoms with Crippen LogP contribution in [0.15, 0.2) is 9.85 Å². The molecule has 0 aliphatic heterocycles. The van der Waals surface area contributed by atoms with Crippen molar-refractivity contribution < 1.29 is 4.74 Å². The lowest BCUT2D eigenvalue weighted by molar-refractivity contribution is 0.145. The molecule has 0 radical (unpaired) electrons. The minimum atomic E-state index is 0.578. The van der Waals surface area contributed by atoms with Gasteiger partial charge in [-0.25, -0.2) is 0 Å². The first-order valence-electron chi connectivity index (χ1n) is 3.95. The number of nitrogens with two attached hydrogens (primary N) is 1. The van der Waals surface area contributed by atoms with Gasteiger partial charge >= 0.3 is 0 Å². The number of thiophene rings is 1. The zero-order chi connectivity index (χ0) is 9.68. The predicted molar refractivity (Wildman–Crippen MR) is 60.6 cm³/mol. The van der Waals surface area contributed by atoms with Crippen molar-refractivity contribution in [1.82, 2.24) is 0 Å². The Balaban J connectivity index is 2.29. The monoisotopic (exact) mass is 283 g/mol. The Morgan fingerprint density at radius 2 is 2.31 bits per heavy atom. The highest BCUT2D eigenvalue weighted by atomic mass is 79.9. The molecule has 0 aliphatic carbocycles. The van der Waals surface area contributed by atoms with Crippen molar-refractivity contribution in [1.29, 1.82) is 0 Å². The second-order valence-corrected chi connectivity index (χ2v) is 5.35. The van der Waals surface area contributed by atoms with Gasteiger partial charge < -0.3 is 10.5 Å². The number of hydrogen-bond donors (Lipinski definition) is 1. The molecule has 0 unspecified atom stereocenters. The van der Waals surface area contributed by atoms with Crippen molar-refractivity contribution >= 4 is 38.9 Å². The molecule has 0 saturated carbocycles. The van der Waals surface area contributed by atoms with Crippen LogP contribution in [0.1, 0.15) is 4.88 Å². The van der Waals surface area contributed by atoms with Crippen LogP contribution in [0.5, 0.6) is 0 Å². The van der Waals surface area contributed by atoms with E-state index in [1.54, 1.807) is 11.3 Å². The molecule has 5 heteroatoms. The first-order chi connectivity index (χ1) is 6.24. The molecule has 13 heavy (non-hydrogen) atoms. The Morgan fingerprint density at radius 3 is 2.85 bits per heavy atom. The molecule has 74 valence electrons. The Kier molecular flexibility index (Phi) is 5.28. The molecule has 0 atom stereocenters. The maximum atomic E-state index is 5.87. The van der Waals surface area contributed by atoms with Gasteiger partial charge in [0, 0.05) is 17.8 Å². The van der Waals surface area contributed by atoms with Gasteiger partial charge in [0.25, 0.3) is 0 Å². The summed E-state index contributed by atoms with van der Waals surface area (Å²) in [4.78, 5) is 1.23. The average molecular weight is 285 g/mol. The lowest BCUT2D eigenvalue weighted by Gasteiger charge is -1.99. The Hall–Kier alpha value is 0.390. The molecule has 0 bridgehead atoms. The number of halogens is 2. The van der Waals surface area contributed by atoms with Crippen LogP contribution >= 0.6 is 38.9 Å². The summed E-state index contributed by atoms with van der Waals surface area (Å²) in [5.41, 5.74) is 5.29. The Bertz CT molecular complexity index is 247. The lowest BCUT2D eigenvalue weighted by atomic mass is 10.4. The zero-order valence-corrected chi connectivity index (χ0v) is 10.2. The van der Waals surface area contributed by atoms with E-state index in [-0.39, 0.29) is 0 Å². The number of ether oxygens (including phenoxy) is 1. The van der Waals surface area contributed by atoms with Crippen LogP contribution in [-0.4, -0.2) is 19.8 Å². The van der Waals surface area contributed by atoms with Gasteiger partial charge in [-0.15, -0.1) is 11.3 Å². The van der Waals surface area contributed by atoms with Gasteiger partial charge in [0.15, 0.2) is 0 Å². The maximum Gasteiger partial charge on any atom is 0.0887 e. The summed E-state index contributed by atoms with van der Waals surface area (Å²) in [7, 11) is 0. The van der Waals surface area contributed by atoms with E-state index < -0.39 is 0 Å². The van der Waals surface area contributed by atoms with Crippen molar-refractivity contribution in [2.45, 2.75) is 6.42 Å². The first-order valence-corrected chi connectivity index (χ1v) is 5.94. The van der Waals surface area contributed by atoms with Crippen LogP contribution in [-0.2, 0) is 11.2 Å². The summed E-state index contributed by atoms with van der Waals surface area (Å²) in [5, 5.41) is 0.777. The van der Waals surface area contributed by atoms with Crippen LogP contribution in [0.4, 0.5) is 0 Å². The smallest absolute Gasteiger partial charge is 0.0887 e. The predicted octanol–water partition coefficient (Wildman–Crippen LogP) is 2.68. The molecule has 2 nitrogen and oxygen atoms in total. The molecule has 0 fully saturated rings. The van der Waals surface area contributed by atoms with E-state index >= 15 is 0 Å². The zero-order valence-electron chi connectivity index (χ0n) is 7.06. The van der Waals surface area contributed by atoms with Crippen molar-refractivity contribution in [2.75, 3.05) is 19.8 Å². The fourth-order valence-corrected chi connectivity index (χ4v) is 2.67. The molecule has 1 aromatic rings. The van der Waals surface area contributed by atoms with Crippen LogP contribution in [0.25, 0.3) is 0 Å². The molecule has 0 aliphatic rings. The van der Waals surface area contributed by atoms with Crippen molar-refractivity contribution in [3.8, 4) is 0 Å². The molecule has 0 spiro atoms. The van der Waals surface area contributed by atoms with Gasteiger partial charge in [-0.05, 0) is 22.0 Å². The maximum absolute atomic E-state index is 5.87. The SMILES string of the molecule is NCCOCCc1cc(Cl)c(Br)s1. The quantitative estimate of drug-likeness (QED) is 0.844. The van der Waals surface area contributed by atoms with Crippen molar-refractivity contribution in [3.63, 3.8) is 0 Å². The van der Waals surface area contributed by atoms with Gasteiger partial charge in [0.2, 0.25) is 0 Å². The molecule has 2 N–H and O–H groups in total. The largest absolute Gasteiger partial charge is 0.380 e. The van der Waals surface area contributed by atoms with Gasteiger partial charge in [0.1, 0.15) is 0 Å². The molecule has 1 rings (SSSR count). The second kappa shape index (κ2) is 5.98. The van der Waals surface area contributed by atoms with Crippen molar-refractivity contribution in [3.05, 3.63) is 19.8 Å². The highest BCUT2D eigenvalue weighted by Crippen LogP contribution is 2.32. The molecule has 1 heterocycles. The normalized spacial score (nSPS) is 10.7. The highest BCUT2D eigenvalue weighted by molar-refractivity contribution is 9.11. The summed E-state index contributed by atoms with van der Waals surface area (Å²) in [5.74, 6) is 0. The Labute approximate surface area is 95.2 Å². The summed E-state index contributed by atoms with van der Waals surface area (Å²) in [6.07, 6.45) is 0.899. The minimum absolute atomic E-state index is 0.578. The topological polar surface area (TPSA) is 35.2 Å². The molecule has 0 saturated heterocycles. The van der Waals surface area contributed by atoms with E-state index in [9.17, 15) is 0 Å². The number of rotatable bonds is 5. The average Bonchev–Trinajstić information content (AvgIpc) is 2.41. The highest BCUT2D eigenvalue weighted by Gasteiger charge is 2.03. The van der Waals surface area contributed by atoms with Gasteiger partial charge in [0.05, 0.1) is 22.0 Å². The fraction of sp³-hybridized carbons (Fsp3) is 0.500. The summed E-state index contributed by atoms with van der Waals surface area (Å²) in [6.45, 7) is 1.91. The van der Waals surface area contributed by atoms with Crippen LogP contribution < -0.4 is 5.73 Å². The van der Waals surface area contributed by atoms with E-state index in [4.69, 9.17) is 22.1 Å². The third-order valence-electron chi connectivity index (χ3n) is 1.45. The van der Waals surface area contributed by atoms with E-state index in [1.807, 2.05) is 6.07 Å². The van der Waals surface area contributed by atoms with E-state index in [2.05, 4.69) is 15.9 Å². The first kappa shape index (κ1) is 11.5. The van der Waals surface area contributed by atoms with Crippen LogP contribution in [0.3, 0.4) is 0 Å². The molecule has 1 aromatic heterocycles. The summed E-state index contributed by atoms with van der Waals surface area (Å²) < 4.78 is 6.25. The third-order valence-corrected chi connectivity index (χ3v) is 3.99. The minimum Gasteiger partial charge on any atom is -0.380 e. The summed E-state index contributed by atoms with van der Waals surface area (Å²) >= 11 is 10.9. The van der Waals surface area contributed by atoms with Gasteiger partial charge in [-0.1, -0.05) is 11.6 Å². The molecule has 0 aromatic carbocycles.